The van der Waals surface area contributed by atoms with Gasteiger partial charge in [0.2, 0.25) is 6.29 Å². The van der Waals surface area contributed by atoms with Crippen LogP contribution in [0.4, 0.5) is 16.2 Å². The van der Waals surface area contributed by atoms with E-state index in [1.807, 2.05) is 23.1 Å². The first-order valence-corrected chi connectivity index (χ1v) is 15.0. The van der Waals surface area contributed by atoms with Gasteiger partial charge in [0.25, 0.3) is 5.91 Å². The van der Waals surface area contributed by atoms with E-state index >= 15 is 0 Å². The second-order valence-electron chi connectivity index (χ2n) is 11.4. The molecule has 40 heavy (non-hydrogen) atoms. The summed E-state index contributed by atoms with van der Waals surface area (Å²) in [4.78, 5) is 30.3. The zero-order chi connectivity index (χ0) is 27.8. The molecule has 5 rings (SSSR count). The van der Waals surface area contributed by atoms with Crippen molar-refractivity contribution in [1.82, 2.24) is 15.1 Å². The maximum Gasteiger partial charge on any atom is 0.321 e. The number of nitrogens with zero attached hydrogens (tertiary/aromatic N) is 3. The molecule has 0 radical (unpaired) electrons. The monoisotopic (exact) mass is 549 g/mol. The third kappa shape index (κ3) is 6.95. The summed E-state index contributed by atoms with van der Waals surface area (Å²) in [5, 5.41) is 9.83. The molecule has 2 aromatic rings. The van der Waals surface area contributed by atoms with Crippen LogP contribution in [0.3, 0.4) is 0 Å². The number of rotatable bonds is 5. The average molecular weight is 550 g/mol. The van der Waals surface area contributed by atoms with Gasteiger partial charge in [-0.1, -0.05) is 18.9 Å². The molecule has 0 saturated carbocycles. The number of carbonyl (C=O) groups excluding carboxylic acids is 2. The Balaban J connectivity index is 1.15. The minimum atomic E-state index is -0.213. The van der Waals surface area contributed by atoms with Crippen molar-refractivity contribution in [3.05, 3.63) is 54.1 Å². The number of ether oxygens (including phenoxy) is 1. The standard InChI is InChI=1S/C31H44N6O3/c1-40-28-14-12-25(13-15-28)29(38)33-26-10-8-11-27(24-26)34-31(39)36-19-17-35(18-20-36)30-32-16-9-23-37(30)21-6-4-2-3-5-7-22-37/h8,10-15,24,30,32H,2-7,9,16-23H2,1H3,(H-,33,34,38,39)/p+1. The molecular weight excluding hydrogens is 504 g/mol. The van der Waals surface area contributed by atoms with Gasteiger partial charge in [-0.25, -0.2) is 9.69 Å². The van der Waals surface area contributed by atoms with E-state index in [1.54, 1.807) is 37.4 Å². The van der Waals surface area contributed by atoms with Crippen LogP contribution in [0.2, 0.25) is 0 Å². The molecule has 3 saturated heterocycles. The van der Waals surface area contributed by atoms with Gasteiger partial charge in [-0.05, 0) is 68.1 Å². The quantitative estimate of drug-likeness (QED) is 0.477. The summed E-state index contributed by atoms with van der Waals surface area (Å²) in [6.45, 7) is 8.05. The summed E-state index contributed by atoms with van der Waals surface area (Å²) in [6, 6.07) is 14.2. The van der Waals surface area contributed by atoms with Crippen molar-refractivity contribution in [1.29, 1.82) is 0 Å². The van der Waals surface area contributed by atoms with Gasteiger partial charge in [-0.15, -0.1) is 0 Å². The van der Waals surface area contributed by atoms with Gasteiger partial charge in [-0.2, -0.15) is 0 Å². The molecule has 2 aromatic carbocycles. The summed E-state index contributed by atoms with van der Waals surface area (Å²) >= 11 is 0. The van der Waals surface area contributed by atoms with E-state index in [9.17, 15) is 9.59 Å². The molecule has 216 valence electrons. The van der Waals surface area contributed by atoms with E-state index in [0.29, 0.717) is 42.1 Å². The minimum Gasteiger partial charge on any atom is -0.497 e. The number of hydrogen-bond acceptors (Lipinski definition) is 5. The molecule has 0 aromatic heterocycles. The van der Waals surface area contributed by atoms with E-state index in [0.717, 1.165) is 19.6 Å². The number of quaternary nitrogens is 1. The number of benzene rings is 2. The van der Waals surface area contributed by atoms with Crippen LogP contribution in [0.15, 0.2) is 48.5 Å². The van der Waals surface area contributed by atoms with Crippen LogP contribution < -0.4 is 20.7 Å². The first-order valence-electron chi connectivity index (χ1n) is 15.0. The normalized spacial score (nSPS) is 22.0. The number of anilines is 2. The highest BCUT2D eigenvalue weighted by atomic mass is 16.5. The van der Waals surface area contributed by atoms with Crippen molar-refractivity contribution < 1.29 is 18.8 Å². The van der Waals surface area contributed by atoms with E-state index in [2.05, 4.69) is 20.9 Å². The Kier molecular flexibility index (Phi) is 9.57. The lowest BCUT2D eigenvalue weighted by Crippen LogP contribution is -2.73. The highest BCUT2D eigenvalue weighted by Crippen LogP contribution is 2.27. The summed E-state index contributed by atoms with van der Waals surface area (Å²) in [5.41, 5.74) is 1.83. The van der Waals surface area contributed by atoms with Gasteiger partial charge in [0.1, 0.15) is 5.75 Å². The summed E-state index contributed by atoms with van der Waals surface area (Å²) < 4.78 is 6.35. The highest BCUT2D eigenvalue weighted by molar-refractivity contribution is 6.04. The first kappa shape index (κ1) is 28.4. The Morgan fingerprint density at radius 1 is 0.825 bits per heavy atom. The van der Waals surface area contributed by atoms with E-state index in [4.69, 9.17) is 4.74 Å². The van der Waals surface area contributed by atoms with Crippen molar-refractivity contribution in [3.8, 4) is 5.75 Å². The van der Waals surface area contributed by atoms with Gasteiger partial charge in [0, 0.05) is 56.1 Å². The molecule has 9 heteroatoms. The Labute approximate surface area is 238 Å². The molecule has 1 unspecified atom stereocenters. The number of urea groups is 1. The predicted molar refractivity (Wildman–Crippen MR) is 159 cm³/mol. The third-order valence-corrected chi connectivity index (χ3v) is 8.75. The molecule has 3 N–H and O–H groups in total. The Morgan fingerprint density at radius 3 is 2.12 bits per heavy atom. The van der Waals surface area contributed by atoms with Gasteiger partial charge in [0.05, 0.1) is 26.7 Å². The van der Waals surface area contributed by atoms with Crippen molar-refractivity contribution in [2.24, 2.45) is 0 Å². The molecule has 3 amide bonds. The van der Waals surface area contributed by atoms with Crippen molar-refractivity contribution in [2.75, 3.05) is 70.1 Å². The lowest BCUT2D eigenvalue weighted by atomic mass is 10.1. The smallest absolute Gasteiger partial charge is 0.321 e. The van der Waals surface area contributed by atoms with Crippen LogP contribution in [0.1, 0.15) is 55.3 Å². The molecular formula is C31H45N6O3+. The van der Waals surface area contributed by atoms with E-state index < -0.39 is 0 Å². The van der Waals surface area contributed by atoms with Gasteiger partial charge < -0.3 is 20.3 Å². The maximum absolute atomic E-state index is 13.2. The largest absolute Gasteiger partial charge is 0.497 e. The average Bonchev–Trinajstić information content (AvgIpc) is 3.10. The van der Waals surface area contributed by atoms with Crippen LogP contribution in [0, 0.1) is 0 Å². The summed E-state index contributed by atoms with van der Waals surface area (Å²) in [7, 11) is 1.59. The van der Waals surface area contributed by atoms with Gasteiger partial charge >= 0.3 is 6.03 Å². The summed E-state index contributed by atoms with van der Waals surface area (Å²) in [6.07, 6.45) is 9.72. The molecule has 9 nitrogen and oxygen atoms in total. The van der Waals surface area contributed by atoms with Crippen LogP contribution in [-0.2, 0) is 0 Å². The molecule has 1 atom stereocenters. The molecule has 3 aliphatic heterocycles. The topological polar surface area (TPSA) is 85.9 Å². The number of nitrogens with one attached hydrogen (secondary N) is 3. The zero-order valence-corrected chi connectivity index (χ0v) is 23.9. The Hall–Kier alpha value is -3.14. The lowest BCUT2D eigenvalue weighted by molar-refractivity contribution is -0.970. The predicted octanol–water partition coefficient (Wildman–Crippen LogP) is 4.54. The number of carbonyl (C=O) groups is 2. The first-order chi connectivity index (χ1) is 19.6. The molecule has 1 spiro atoms. The van der Waals surface area contributed by atoms with Gasteiger partial charge in [-0.3, -0.25) is 14.6 Å². The maximum atomic E-state index is 13.2. The second-order valence-corrected chi connectivity index (χ2v) is 11.4. The highest BCUT2D eigenvalue weighted by Gasteiger charge is 2.43. The molecule has 3 fully saturated rings. The Bertz CT molecular complexity index is 1120. The van der Waals surface area contributed by atoms with Crippen molar-refractivity contribution in [2.45, 2.75) is 51.2 Å². The van der Waals surface area contributed by atoms with E-state index in [-0.39, 0.29) is 11.9 Å². The molecule has 3 heterocycles. The minimum absolute atomic E-state index is 0.0958. The number of methoxy groups -OCH3 is 1. The SMILES string of the molecule is COc1ccc(C(=O)Nc2cccc(NC(=O)N3CCN(C4NCCC[N+]45CCCCCCCC5)CC3)c2)cc1. The summed E-state index contributed by atoms with van der Waals surface area (Å²) in [5.74, 6) is 0.487. The van der Waals surface area contributed by atoms with Crippen LogP contribution in [0.25, 0.3) is 0 Å². The lowest BCUT2D eigenvalue weighted by Gasteiger charge is -2.53. The van der Waals surface area contributed by atoms with E-state index in [1.165, 1.54) is 69.1 Å². The van der Waals surface area contributed by atoms with Crippen molar-refractivity contribution >= 4 is 23.3 Å². The fraction of sp³-hybridized carbons (Fsp3) is 0.548. The van der Waals surface area contributed by atoms with Crippen molar-refractivity contribution in [3.63, 3.8) is 0 Å². The molecule has 0 aliphatic carbocycles. The number of hydrogen-bond donors (Lipinski definition) is 3. The fourth-order valence-electron chi connectivity index (χ4n) is 6.55. The van der Waals surface area contributed by atoms with Gasteiger partial charge in [0.15, 0.2) is 0 Å². The number of piperazine rings is 1. The fourth-order valence-corrected chi connectivity index (χ4v) is 6.55. The van der Waals surface area contributed by atoms with Crippen LogP contribution in [0.5, 0.6) is 5.75 Å². The third-order valence-electron chi connectivity index (χ3n) is 8.75. The van der Waals surface area contributed by atoms with Crippen LogP contribution >= 0.6 is 0 Å². The zero-order valence-electron chi connectivity index (χ0n) is 23.9. The second kappa shape index (κ2) is 13.5. The number of amides is 3. The van der Waals surface area contributed by atoms with Crippen LogP contribution in [-0.4, -0.2) is 92.0 Å². The molecule has 3 aliphatic rings. The Morgan fingerprint density at radius 2 is 1.45 bits per heavy atom. The molecule has 0 bridgehead atoms.